The van der Waals surface area contributed by atoms with E-state index in [1.165, 1.54) is 12.1 Å². The topological polar surface area (TPSA) is 46.2 Å². The Bertz CT molecular complexity index is 499. The molecule has 1 fully saturated rings. The summed E-state index contributed by atoms with van der Waals surface area (Å²) in [5.74, 6) is 0.231. The van der Waals surface area contributed by atoms with E-state index >= 15 is 0 Å². The predicted octanol–water partition coefficient (Wildman–Crippen LogP) is 2.12. The van der Waals surface area contributed by atoms with Crippen LogP contribution in [0.4, 0.5) is 10.1 Å². The van der Waals surface area contributed by atoms with Crippen LogP contribution in [0.3, 0.4) is 0 Å². The highest BCUT2D eigenvalue weighted by Crippen LogP contribution is 2.21. The van der Waals surface area contributed by atoms with E-state index in [9.17, 15) is 12.8 Å². The molecule has 1 aliphatic heterocycles. The van der Waals surface area contributed by atoms with Gasteiger partial charge >= 0.3 is 0 Å². The molecule has 1 N–H and O–H groups in total. The lowest BCUT2D eigenvalue weighted by Gasteiger charge is -2.24. The Hall–Kier alpha value is -1.10. The number of anilines is 1. The zero-order chi connectivity index (χ0) is 12.5. The fraction of sp³-hybridized carbons (Fsp3) is 0.500. The molecule has 1 saturated heterocycles. The molecule has 0 unspecified atom stereocenters. The Morgan fingerprint density at radius 2 is 1.94 bits per heavy atom. The summed E-state index contributed by atoms with van der Waals surface area (Å²) in [5.41, 5.74) is 1.73. The van der Waals surface area contributed by atoms with Crippen LogP contribution in [0.15, 0.2) is 18.2 Å². The molecule has 1 aliphatic rings. The average Bonchev–Trinajstić information content (AvgIpc) is 2.25. The number of halogens is 1. The summed E-state index contributed by atoms with van der Waals surface area (Å²) in [4.78, 5) is 0. The largest absolute Gasteiger partial charge is 0.382 e. The maximum absolute atomic E-state index is 12.9. The molecule has 1 aromatic rings. The van der Waals surface area contributed by atoms with E-state index in [0.717, 1.165) is 11.3 Å². The van der Waals surface area contributed by atoms with Crippen molar-refractivity contribution in [2.45, 2.75) is 25.8 Å². The van der Waals surface area contributed by atoms with Crippen LogP contribution in [0.5, 0.6) is 0 Å². The van der Waals surface area contributed by atoms with Crippen LogP contribution in [-0.4, -0.2) is 26.0 Å². The third-order valence-corrected chi connectivity index (χ3v) is 4.82. The molecule has 2 rings (SSSR count). The van der Waals surface area contributed by atoms with Crippen LogP contribution >= 0.6 is 0 Å². The summed E-state index contributed by atoms with van der Waals surface area (Å²) >= 11 is 0. The molecule has 17 heavy (non-hydrogen) atoms. The Labute approximate surface area is 101 Å². The number of benzene rings is 1. The monoisotopic (exact) mass is 257 g/mol. The molecule has 0 bridgehead atoms. The second-order valence-electron chi connectivity index (χ2n) is 4.53. The quantitative estimate of drug-likeness (QED) is 0.882. The SMILES string of the molecule is Cc1cc(F)ccc1NC1CCS(=O)(=O)CC1. The van der Waals surface area contributed by atoms with Gasteiger partial charge in [0.1, 0.15) is 15.7 Å². The van der Waals surface area contributed by atoms with Crippen molar-refractivity contribution < 1.29 is 12.8 Å². The van der Waals surface area contributed by atoms with Crippen LogP contribution in [-0.2, 0) is 9.84 Å². The first kappa shape index (κ1) is 12.4. The molecular weight excluding hydrogens is 241 g/mol. The highest BCUT2D eigenvalue weighted by atomic mass is 32.2. The molecule has 0 saturated carbocycles. The van der Waals surface area contributed by atoms with Crippen LogP contribution in [0, 0.1) is 12.7 Å². The molecule has 0 radical (unpaired) electrons. The van der Waals surface area contributed by atoms with Gasteiger partial charge in [0.05, 0.1) is 11.5 Å². The maximum atomic E-state index is 12.9. The number of nitrogens with one attached hydrogen (secondary N) is 1. The zero-order valence-electron chi connectivity index (χ0n) is 9.74. The van der Waals surface area contributed by atoms with E-state index < -0.39 is 9.84 Å². The van der Waals surface area contributed by atoms with Crippen molar-refractivity contribution in [1.82, 2.24) is 0 Å². The van der Waals surface area contributed by atoms with Crippen LogP contribution in [0.2, 0.25) is 0 Å². The predicted molar refractivity (Wildman–Crippen MR) is 66.4 cm³/mol. The van der Waals surface area contributed by atoms with Crippen molar-refractivity contribution in [3.63, 3.8) is 0 Å². The number of hydrogen-bond acceptors (Lipinski definition) is 3. The number of hydrogen-bond donors (Lipinski definition) is 1. The van der Waals surface area contributed by atoms with Gasteiger partial charge in [0.15, 0.2) is 0 Å². The Balaban J connectivity index is 2.02. The summed E-state index contributed by atoms with van der Waals surface area (Å²) in [5, 5.41) is 3.28. The molecule has 0 amide bonds. The molecule has 0 atom stereocenters. The molecule has 1 heterocycles. The summed E-state index contributed by atoms with van der Waals surface area (Å²) in [6.07, 6.45) is 1.25. The number of sulfone groups is 1. The molecule has 0 spiro atoms. The first-order valence-corrected chi connectivity index (χ1v) is 7.51. The van der Waals surface area contributed by atoms with Crippen molar-refractivity contribution in [3.05, 3.63) is 29.6 Å². The van der Waals surface area contributed by atoms with Crippen molar-refractivity contribution >= 4 is 15.5 Å². The van der Waals surface area contributed by atoms with Crippen molar-refractivity contribution in [1.29, 1.82) is 0 Å². The van der Waals surface area contributed by atoms with Gasteiger partial charge in [-0.2, -0.15) is 0 Å². The molecular formula is C12H16FNO2S. The number of aryl methyl sites for hydroxylation is 1. The molecule has 0 aliphatic carbocycles. The first-order valence-electron chi connectivity index (χ1n) is 5.69. The highest BCUT2D eigenvalue weighted by Gasteiger charge is 2.23. The fourth-order valence-electron chi connectivity index (χ4n) is 2.04. The van der Waals surface area contributed by atoms with E-state index in [2.05, 4.69) is 5.32 Å². The maximum Gasteiger partial charge on any atom is 0.150 e. The second kappa shape index (κ2) is 4.64. The van der Waals surface area contributed by atoms with E-state index in [1.807, 2.05) is 6.92 Å². The van der Waals surface area contributed by atoms with Gasteiger partial charge in [-0.15, -0.1) is 0 Å². The molecule has 3 nitrogen and oxygen atoms in total. The normalized spacial score (nSPS) is 20.1. The summed E-state index contributed by atoms with van der Waals surface area (Å²) in [7, 11) is -2.82. The molecule has 0 aromatic heterocycles. The Kier molecular flexibility index (Phi) is 3.38. The Morgan fingerprint density at radius 3 is 2.53 bits per heavy atom. The van der Waals surface area contributed by atoms with Gasteiger partial charge in [-0.25, -0.2) is 12.8 Å². The minimum atomic E-state index is -2.82. The number of rotatable bonds is 2. The van der Waals surface area contributed by atoms with E-state index in [0.29, 0.717) is 12.8 Å². The minimum Gasteiger partial charge on any atom is -0.382 e. The lowest BCUT2D eigenvalue weighted by molar-refractivity contribution is 0.559. The van der Waals surface area contributed by atoms with Gasteiger partial charge in [-0.3, -0.25) is 0 Å². The van der Waals surface area contributed by atoms with Crippen LogP contribution in [0.25, 0.3) is 0 Å². The van der Waals surface area contributed by atoms with E-state index in [4.69, 9.17) is 0 Å². The van der Waals surface area contributed by atoms with E-state index in [1.54, 1.807) is 6.07 Å². The van der Waals surface area contributed by atoms with Gasteiger partial charge in [-0.1, -0.05) is 0 Å². The van der Waals surface area contributed by atoms with Crippen molar-refractivity contribution in [2.24, 2.45) is 0 Å². The lowest BCUT2D eigenvalue weighted by atomic mass is 10.1. The van der Waals surface area contributed by atoms with Gasteiger partial charge in [-0.05, 0) is 43.5 Å². The lowest BCUT2D eigenvalue weighted by Crippen LogP contribution is -2.32. The Morgan fingerprint density at radius 1 is 1.29 bits per heavy atom. The smallest absolute Gasteiger partial charge is 0.150 e. The van der Waals surface area contributed by atoms with Gasteiger partial charge in [0, 0.05) is 11.7 Å². The molecule has 94 valence electrons. The third kappa shape index (κ3) is 3.19. The highest BCUT2D eigenvalue weighted by molar-refractivity contribution is 7.91. The minimum absolute atomic E-state index is 0.169. The summed E-state index contributed by atoms with van der Waals surface area (Å²) < 4.78 is 35.5. The van der Waals surface area contributed by atoms with Crippen LogP contribution < -0.4 is 5.32 Å². The molecule has 1 aromatic carbocycles. The van der Waals surface area contributed by atoms with Crippen molar-refractivity contribution in [3.8, 4) is 0 Å². The van der Waals surface area contributed by atoms with Crippen molar-refractivity contribution in [2.75, 3.05) is 16.8 Å². The van der Waals surface area contributed by atoms with Gasteiger partial charge in [0.2, 0.25) is 0 Å². The summed E-state index contributed by atoms with van der Waals surface area (Å²) in [6.45, 7) is 1.84. The summed E-state index contributed by atoms with van der Waals surface area (Å²) in [6, 6.07) is 4.76. The standard InChI is InChI=1S/C12H16FNO2S/c1-9-8-10(13)2-3-12(9)14-11-4-6-17(15,16)7-5-11/h2-3,8,11,14H,4-7H2,1H3. The van der Waals surface area contributed by atoms with E-state index in [-0.39, 0.29) is 23.4 Å². The van der Waals surface area contributed by atoms with Gasteiger partial charge < -0.3 is 5.32 Å². The third-order valence-electron chi connectivity index (χ3n) is 3.10. The van der Waals surface area contributed by atoms with Gasteiger partial charge in [0.25, 0.3) is 0 Å². The first-order chi connectivity index (χ1) is 7.96. The zero-order valence-corrected chi connectivity index (χ0v) is 10.6. The fourth-order valence-corrected chi connectivity index (χ4v) is 3.53. The molecule has 5 heteroatoms. The average molecular weight is 257 g/mol. The second-order valence-corrected chi connectivity index (χ2v) is 6.83. The van der Waals surface area contributed by atoms with Crippen LogP contribution in [0.1, 0.15) is 18.4 Å².